The standard InChI is InChI=1S/C19H18O7/c1-11-8-13(3-5-14(11)20)10-17(19(24)25)26-18(23)7-4-12-2-6-15(21)16(22)9-12/h2-9,17,20-22H,10H2,1H3,(H,24,25)/b7-4+. The van der Waals surface area contributed by atoms with Crippen LogP contribution in [0.15, 0.2) is 42.5 Å². The van der Waals surface area contributed by atoms with Crippen LogP contribution in [0.5, 0.6) is 17.2 Å². The molecule has 7 heteroatoms. The summed E-state index contributed by atoms with van der Waals surface area (Å²) in [5.41, 5.74) is 1.62. The van der Waals surface area contributed by atoms with Crippen LogP contribution in [0.1, 0.15) is 16.7 Å². The van der Waals surface area contributed by atoms with Crippen molar-refractivity contribution in [3.63, 3.8) is 0 Å². The molecule has 0 amide bonds. The number of ether oxygens (including phenoxy) is 1. The highest BCUT2D eigenvalue weighted by Gasteiger charge is 2.22. The molecule has 0 radical (unpaired) electrons. The van der Waals surface area contributed by atoms with Crippen molar-refractivity contribution in [1.29, 1.82) is 0 Å². The van der Waals surface area contributed by atoms with Crippen LogP contribution >= 0.6 is 0 Å². The first-order valence-electron chi connectivity index (χ1n) is 7.68. The van der Waals surface area contributed by atoms with Crippen LogP contribution in [0, 0.1) is 6.92 Å². The summed E-state index contributed by atoms with van der Waals surface area (Å²) in [5.74, 6) is -2.69. The zero-order valence-electron chi connectivity index (χ0n) is 13.9. The SMILES string of the molecule is Cc1cc(CC(OC(=O)/C=C/c2ccc(O)c(O)c2)C(=O)O)ccc1O. The first-order valence-corrected chi connectivity index (χ1v) is 7.68. The van der Waals surface area contributed by atoms with Crippen LogP contribution < -0.4 is 0 Å². The third-order valence-electron chi connectivity index (χ3n) is 3.63. The number of carboxylic acids is 1. The molecule has 1 atom stereocenters. The van der Waals surface area contributed by atoms with Gasteiger partial charge in [-0.3, -0.25) is 0 Å². The van der Waals surface area contributed by atoms with Crippen molar-refractivity contribution in [2.24, 2.45) is 0 Å². The van der Waals surface area contributed by atoms with Gasteiger partial charge in [-0.25, -0.2) is 9.59 Å². The molecule has 0 bridgehead atoms. The molecule has 0 aromatic heterocycles. The Kier molecular flexibility index (Phi) is 5.85. The van der Waals surface area contributed by atoms with E-state index in [1.54, 1.807) is 19.1 Å². The molecule has 26 heavy (non-hydrogen) atoms. The number of aliphatic carboxylic acids is 1. The first kappa shape index (κ1) is 18.9. The fourth-order valence-corrected chi connectivity index (χ4v) is 2.23. The van der Waals surface area contributed by atoms with E-state index in [9.17, 15) is 30.0 Å². The van der Waals surface area contributed by atoms with Gasteiger partial charge >= 0.3 is 11.9 Å². The highest BCUT2D eigenvalue weighted by Crippen LogP contribution is 2.25. The van der Waals surface area contributed by atoms with E-state index < -0.39 is 18.0 Å². The molecule has 1 unspecified atom stereocenters. The number of phenolic OH excluding ortho intramolecular Hbond substituents is 3. The van der Waals surface area contributed by atoms with Gasteiger partial charge < -0.3 is 25.2 Å². The van der Waals surface area contributed by atoms with Gasteiger partial charge in [-0.15, -0.1) is 0 Å². The van der Waals surface area contributed by atoms with Gasteiger partial charge in [0.25, 0.3) is 0 Å². The number of phenols is 3. The smallest absolute Gasteiger partial charge is 0.345 e. The van der Waals surface area contributed by atoms with Crippen LogP contribution in [-0.2, 0) is 20.7 Å². The van der Waals surface area contributed by atoms with Crippen molar-refractivity contribution in [1.82, 2.24) is 0 Å². The number of rotatable bonds is 6. The molecule has 2 aromatic carbocycles. The topological polar surface area (TPSA) is 124 Å². The van der Waals surface area contributed by atoms with Crippen molar-refractivity contribution in [3.8, 4) is 17.2 Å². The van der Waals surface area contributed by atoms with Crippen LogP contribution in [0.2, 0.25) is 0 Å². The Morgan fingerprint density at radius 1 is 1.04 bits per heavy atom. The number of benzene rings is 2. The van der Waals surface area contributed by atoms with Crippen LogP contribution in [0.25, 0.3) is 6.08 Å². The van der Waals surface area contributed by atoms with Gasteiger partial charge in [0, 0.05) is 12.5 Å². The van der Waals surface area contributed by atoms with Gasteiger partial charge in [0.15, 0.2) is 11.5 Å². The number of esters is 1. The summed E-state index contributed by atoms with van der Waals surface area (Å²) < 4.78 is 4.96. The monoisotopic (exact) mass is 358 g/mol. The van der Waals surface area contributed by atoms with E-state index in [0.29, 0.717) is 16.7 Å². The zero-order chi connectivity index (χ0) is 19.3. The Hall–Kier alpha value is -3.48. The normalized spacial score (nSPS) is 12.0. The summed E-state index contributed by atoms with van der Waals surface area (Å²) in [6.45, 7) is 1.68. The molecule has 0 aliphatic rings. The maximum Gasteiger partial charge on any atom is 0.345 e. The second kappa shape index (κ2) is 8.06. The predicted molar refractivity (Wildman–Crippen MR) is 92.9 cm³/mol. The number of aromatic hydroxyl groups is 3. The molecular weight excluding hydrogens is 340 g/mol. The Balaban J connectivity index is 2.05. The second-order valence-electron chi connectivity index (χ2n) is 5.67. The summed E-state index contributed by atoms with van der Waals surface area (Å²) in [4.78, 5) is 23.2. The molecule has 0 saturated carbocycles. The van der Waals surface area contributed by atoms with Crippen molar-refractivity contribution < 1.29 is 34.8 Å². The van der Waals surface area contributed by atoms with E-state index >= 15 is 0 Å². The van der Waals surface area contributed by atoms with E-state index in [1.165, 1.54) is 30.3 Å². The van der Waals surface area contributed by atoms with Gasteiger partial charge in [0.1, 0.15) is 5.75 Å². The highest BCUT2D eigenvalue weighted by atomic mass is 16.6. The van der Waals surface area contributed by atoms with E-state index in [4.69, 9.17) is 4.74 Å². The molecule has 2 rings (SSSR count). The van der Waals surface area contributed by atoms with Crippen LogP contribution in [0.3, 0.4) is 0 Å². The second-order valence-corrected chi connectivity index (χ2v) is 5.67. The molecular formula is C19H18O7. The largest absolute Gasteiger partial charge is 0.508 e. The molecule has 0 fully saturated rings. The number of aryl methyl sites for hydroxylation is 1. The maximum absolute atomic E-state index is 11.9. The van der Waals surface area contributed by atoms with Gasteiger partial charge in [-0.05, 0) is 47.9 Å². The molecule has 0 spiro atoms. The lowest BCUT2D eigenvalue weighted by Gasteiger charge is -2.13. The lowest BCUT2D eigenvalue weighted by atomic mass is 10.0. The number of hydrogen-bond acceptors (Lipinski definition) is 6. The van der Waals surface area contributed by atoms with Gasteiger partial charge in [-0.2, -0.15) is 0 Å². The van der Waals surface area contributed by atoms with E-state index in [2.05, 4.69) is 0 Å². The minimum absolute atomic E-state index is 0.0456. The number of carbonyl (C=O) groups excluding carboxylic acids is 1. The minimum atomic E-state index is -1.38. The number of hydrogen-bond donors (Lipinski definition) is 4. The molecule has 0 heterocycles. The summed E-state index contributed by atoms with van der Waals surface area (Å²) in [5, 5.41) is 37.4. The minimum Gasteiger partial charge on any atom is -0.508 e. The Morgan fingerprint density at radius 3 is 2.35 bits per heavy atom. The quantitative estimate of drug-likeness (QED) is 0.355. The summed E-state index contributed by atoms with van der Waals surface area (Å²) in [6.07, 6.45) is 0.926. The molecule has 4 N–H and O–H groups in total. The summed E-state index contributed by atoms with van der Waals surface area (Å²) in [7, 11) is 0. The molecule has 2 aromatic rings. The highest BCUT2D eigenvalue weighted by molar-refractivity contribution is 5.89. The fourth-order valence-electron chi connectivity index (χ4n) is 2.23. The number of carboxylic acid groups (broad SMARTS) is 1. The van der Waals surface area contributed by atoms with Gasteiger partial charge in [0.05, 0.1) is 0 Å². The number of carbonyl (C=O) groups is 2. The molecule has 136 valence electrons. The van der Waals surface area contributed by atoms with Gasteiger partial charge in [-0.1, -0.05) is 18.2 Å². The summed E-state index contributed by atoms with van der Waals surface area (Å²) in [6, 6.07) is 8.59. The van der Waals surface area contributed by atoms with Crippen LogP contribution in [-0.4, -0.2) is 38.5 Å². The Labute approximate surface area is 149 Å². The first-order chi connectivity index (χ1) is 12.3. The van der Waals surface area contributed by atoms with E-state index in [1.807, 2.05) is 0 Å². The average molecular weight is 358 g/mol. The van der Waals surface area contributed by atoms with Crippen molar-refractivity contribution in [2.45, 2.75) is 19.4 Å². The zero-order valence-corrected chi connectivity index (χ0v) is 13.9. The third kappa shape index (κ3) is 5.01. The van der Waals surface area contributed by atoms with Gasteiger partial charge in [0.2, 0.25) is 6.10 Å². The molecule has 7 nitrogen and oxygen atoms in total. The molecule has 0 aliphatic heterocycles. The molecule has 0 aliphatic carbocycles. The van der Waals surface area contributed by atoms with Crippen LogP contribution in [0.4, 0.5) is 0 Å². The van der Waals surface area contributed by atoms with Crippen molar-refractivity contribution in [2.75, 3.05) is 0 Å². The summed E-state index contributed by atoms with van der Waals surface area (Å²) >= 11 is 0. The van der Waals surface area contributed by atoms with E-state index in [-0.39, 0.29) is 23.7 Å². The Bertz CT molecular complexity index is 855. The van der Waals surface area contributed by atoms with Crippen molar-refractivity contribution in [3.05, 3.63) is 59.2 Å². The Morgan fingerprint density at radius 2 is 1.73 bits per heavy atom. The van der Waals surface area contributed by atoms with Crippen molar-refractivity contribution >= 4 is 18.0 Å². The lowest BCUT2D eigenvalue weighted by molar-refractivity contribution is -0.160. The fraction of sp³-hybridized carbons (Fsp3) is 0.158. The molecule has 0 saturated heterocycles. The predicted octanol–water partition coefficient (Wildman–Crippen LogP) is 2.36. The van der Waals surface area contributed by atoms with E-state index in [0.717, 1.165) is 6.08 Å². The maximum atomic E-state index is 11.9. The third-order valence-corrected chi connectivity index (χ3v) is 3.63. The lowest BCUT2D eigenvalue weighted by Crippen LogP contribution is -2.28. The average Bonchev–Trinajstić information content (AvgIpc) is 2.58.